The Balaban J connectivity index is 2.30. The average Bonchev–Trinajstić information content (AvgIpc) is 2.32. The van der Waals surface area contributed by atoms with Crippen LogP contribution in [0.4, 0.5) is 17.3 Å². The number of nitrogen functional groups attached to an aromatic ring is 1. The van der Waals surface area contributed by atoms with E-state index in [1.807, 2.05) is 24.5 Å². The van der Waals surface area contributed by atoms with Crippen molar-refractivity contribution >= 4 is 56.6 Å². The van der Waals surface area contributed by atoms with Gasteiger partial charge in [0.25, 0.3) is 0 Å². The molecule has 0 atom stereocenters. The zero-order valence-corrected chi connectivity index (χ0v) is 12.6. The summed E-state index contributed by atoms with van der Waals surface area (Å²) in [7, 11) is 0. The van der Waals surface area contributed by atoms with Gasteiger partial charge in [0, 0.05) is 10.5 Å². The second-order valence-corrected chi connectivity index (χ2v) is 5.51. The van der Waals surface area contributed by atoms with E-state index in [0.29, 0.717) is 21.8 Å². The topological polar surface area (TPSA) is 63.8 Å². The van der Waals surface area contributed by atoms with E-state index in [-0.39, 0.29) is 0 Å². The van der Waals surface area contributed by atoms with E-state index in [9.17, 15) is 0 Å². The molecule has 0 bridgehead atoms. The number of benzene rings is 1. The minimum absolute atomic E-state index is 0.421. The summed E-state index contributed by atoms with van der Waals surface area (Å²) in [5, 5.41) is 4.34. The number of nitrogens with two attached hydrogens (primary N) is 1. The SMILES string of the molecule is CSc1nc(N)cc(Nc2ccc(Br)cc2Cl)n1. The third-order valence-corrected chi connectivity index (χ3v) is 3.46. The molecule has 94 valence electrons. The zero-order valence-electron chi connectivity index (χ0n) is 9.45. The number of anilines is 3. The Morgan fingerprint density at radius 1 is 1.33 bits per heavy atom. The van der Waals surface area contributed by atoms with Gasteiger partial charge in [-0.25, -0.2) is 9.97 Å². The van der Waals surface area contributed by atoms with E-state index in [4.69, 9.17) is 17.3 Å². The molecule has 0 saturated carbocycles. The van der Waals surface area contributed by atoms with Gasteiger partial charge in [-0.05, 0) is 24.5 Å². The first-order valence-electron chi connectivity index (χ1n) is 4.99. The van der Waals surface area contributed by atoms with Crippen molar-refractivity contribution in [2.75, 3.05) is 17.3 Å². The zero-order chi connectivity index (χ0) is 13.1. The molecule has 0 aliphatic heterocycles. The van der Waals surface area contributed by atoms with Gasteiger partial charge in [-0.15, -0.1) is 0 Å². The van der Waals surface area contributed by atoms with Crippen molar-refractivity contribution in [3.05, 3.63) is 33.8 Å². The van der Waals surface area contributed by atoms with E-state index in [0.717, 1.165) is 10.2 Å². The molecule has 0 amide bonds. The lowest BCUT2D eigenvalue weighted by molar-refractivity contribution is 0.984. The van der Waals surface area contributed by atoms with Gasteiger partial charge in [0.1, 0.15) is 11.6 Å². The minimum atomic E-state index is 0.421. The summed E-state index contributed by atoms with van der Waals surface area (Å²) in [5.41, 5.74) is 6.47. The van der Waals surface area contributed by atoms with Crippen molar-refractivity contribution < 1.29 is 0 Å². The number of nitrogens with zero attached hydrogens (tertiary/aromatic N) is 2. The van der Waals surface area contributed by atoms with E-state index in [2.05, 4.69) is 31.2 Å². The number of hydrogen-bond donors (Lipinski definition) is 2. The van der Waals surface area contributed by atoms with E-state index in [1.54, 1.807) is 6.07 Å². The van der Waals surface area contributed by atoms with Crippen molar-refractivity contribution in [2.45, 2.75) is 5.16 Å². The highest BCUT2D eigenvalue weighted by Crippen LogP contribution is 2.28. The van der Waals surface area contributed by atoms with Crippen LogP contribution in [0.3, 0.4) is 0 Å². The van der Waals surface area contributed by atoms with E-state index < -0.39 is 0 Å². The number of nitrogens with one attached hydrogen (secondary N) is 1. The Kier molecular flexibility index (Phi) is 4.31. The van der Waals surface area contributed by atoms with Crippen LogP contribution in [-0.4, -0.2) is 16.2 Å². The van der Waals surface area contributed by atoms with Crippen LogP contribution in [0.1, 0.15) is 0 Å². The Labute approximate surface area is 122 Å². The lowest BCUT2D eigenvalue weighted by atomic mass is 10.3. The predicted molar refractivity (Wildman–Crippen MR) is 80.7 cm³/mol. The predicted octanol–water partition coefficient (Wildman–Crippen LogP) is 3.94. The van der Waals surface area contributed by atoms with Crippen LogP contribution in [0, 0.1) is 0 Å². The fourth-order valence-corrected chi connectivity index (χ4v) is 2.43. The molecule has 0 aliphatic carbocycles. The number of aromatic nitrogens is 2. The molecular formula is C11H10BrClN4S. The molecule has 0 fully saturated rings. The summed E-state index contributed by atoms with van der Waals surface area (Å²) in [6.07, 6.45) is 1.89. The maximum absolute atomic E-state index is 6.12. The molecule has 2 aromatic rings. The molecule has 2 rings (SSSR count). The Bertz CT molecular complexity index is 579. The summed E-state index contributed by atoms with van der Waals surface area (Å²) in [6, 6.07) is 7.24. The average molecular weight is 346 g/mol. The first-order chi connectivity index (χ1) is 8.58. The Hall–Kier alpha value is -0.980. The van der Waals surface area contributed by atoms with Crippen LogP contribution < -0.4 is 11.1 Å². The third kappa shape index (κ3) is 3.28. The molecule has 1 aromatic heterocycles. The Morgan fingerprint density at radius 3 is 2.78 bits per heavy atom. The molecule has 4 nitrogen and oxygen atoms in total. The van der Waals surface area contributed by atoms with Gasteiger partial charge in [-0.1, -0.05) is 39.3 Å². The van der Waals surface area contributed by atoms with Crippen molar-refractivity contribution in [3.63, 3.8) is 0 Å². The molecule has 1 heterocycles. The monoisotopic (exact) mass is 344 g/mol. The number of hydrogen-bond acceptors (Lipinski definition) is 5. The molecule has 18 heavy (non-hydrogen) atoms. The van der Waals surface area contributed by atoms with Crippen molar-refractivity contribution in [2.24, 2.45) is 0 Å². The summed E-state index contributed by atoms with van der Waals surface area (Å²) in [4.78, 5) is 8.38. The van der Waals surface area contributed by atoms with Gasteiger partial charge in [-0.2, -0.15) is 0 Å². The third-order valence-electron chi connectivity index (χ3n) is 2.10. The smallest absolute Gasteiger partial charge is 0.191 e. The number of thioether (sulfide) groups is 1. The second kappa shape index (κ2) is 5.77. The van der Waals surface area contributed by atoms with Crippen LogP contribution >= 0.6 is 39.3 Å². The lowest BCUT2D eigenvalue weighted by Gasteiger charge is -2.09. The second-order valence-electron chi connectivity index (χ2n) is 3.41. The Morgan fingerprint density at radius 2 is 2.11 bits per heavy atom. The van der Waals surface area contributed by atoms with Crippen molar-refractivity contribution in [1.82, 2.24) is 9.97 Å². The van der Waals surface area contributed by atoms with Crippen LogP contribution in [0.25, 0.3) is 0 Å². The maximum Gasteiger partial charge on any atom is 0.191 e. The molecule has 0 saturated heterocycles. The first kappa shape index (κ1) is 13.5. The summed E-state index contributed by atoms with van der Waals surface area (Å²) in [5.74, 6) is 1.04. The van der Waals surface area contributed by atoms with Gasteiger partial charge < -0.3 is 11.1 Å². The number of rotatable bonds is 3. The maximum atomic E-state index is 6.12. The summed E-state index contributed by atoms with van der Waals surface area (Å²) < 4.78 is 0.921. The van der Waals surface area contributed by atoms with Gasteiger partial charge >= 0.3 is 0 Å². The standard InChI is InChI=1S/C11H10BrClN4S/c1-18-11-16-9(14)5-10(17-11)15-8-3-2-6(12)4-7(8)13/h2-5H,1H3,(H3,14,15,16,17). The highest BCUT2D eigenvalue weighted by atomic mass is 79.9. The fourth-order valence-electron chi connectivity index (χ4n) is 1.33. The van der Waals surface area contributed by atoms with E-state index >= 15 is 0 Å². The molecule has 7 heteroatoms. The summed E-state index contributed by atoms with van der Waals surface area (Å²) in [6.45, 7) is 0. The molecule has 3 N–H and O–H groups in total. The molecule has 0 radical (unpaired) electrons. The highest BCUT2D eigenvalue weighted by Gasteiger charge is 2.05. The largest absolute Gasteiger partial charge is 0.383 e. The quantitative estimate of drug-likeness (QED) is 0.651. The molecule has 0 unspecified atom stereocenters. The van der Waals surface area contributed by atoms with Crippen molar-refractivity contribution in [1.29, 1.82) is 0 Å². The first-order valence-corrected chi connectivity index (χ1v) is 7.38. The van der Waals surface area contributed by atoms with Crippen LogP contribution in [0.5, 0.6) is 0 Å². The van der Waals surface area contributed by atoms with Crippen LogP contribution in [-0.2, 0) is 0 Å². The molecular weight excluding hydrogens is 336 g/mol. The molecule has 0 aliphatic rings. The normalized spacial score (nSPS) is 10.4. The van der Waals surface area contributed by atoms with Crippen LogP contribution in [0.15, 0.2) is 33.9 Å². The fraction of sp³-hybridized carbons (Fsp3) is 0.0909. The van der Waals surface area contributed by atoms with Crippen molar-refractivity contribution in [3.8, 4) is 0 Å². The molecule has 0 spiro atoms. The van der Waals surface area contributed by atoms with Gasteiger partial charge in [0.05, 0.1) is 10.7 Å². The molecule has 1 aromatic carbocycles. The lowest BCUT2D eigenvalue weighted by Crippen LogP contribution is -2.00. The summed E-state index contributed by atoms with van der Waals surface area (Å²) >= 11 is 10.9. The number of halogens is 2. The highest BCUT2D eigenvalue weighted by molar-refractivity contribution is 9.10. The van der Waals surface area contributed by atoms with Gasteiger partial charge in [0.15, 0.2) is 5.16 Å². The minimum Gasteiger partial charge on any atom is -0.383 e. The van der Waals surface area contributed by atoms with Gasteiger partial charge in [-0.3, -0.25) is 0 Å². The van der Waals surface area contributed by atoms with Crippen LogP contribution in [0.2, 0.25) is 5.02 Å². The van der Waals surface area contributed by atoms with Gasteiger partial charge in [0.2, 0.25) is 0 Å². The van der Waals surface area contributed by atoms with E-state index in [1.165, 1.54) is 11.8 Å².